The van der Waals surface area contributed by atoms with Crippen molar-refractivity contribution in [3.8, 4) is 0 Å². The van der Waals surface area contributed by atoms with Crippen LogP contribution in [0, 0.1) is 0 Å². The van der Waals surface area contributed by atoms with Gasteiger partial charge in [0.25, 0.3) is 0 Å². The van der Waals surface area contributed by atoms with Gasteiger partial charge in [-0.3, -0.25) is 4.79 Å². The lowest BCUT2D eigenvalue weighted by atomic mass is 10.0. The normalized spacial score (nSPS) is 11.5. The van der Waals surface area contributed by atoms with Crippen molar-refractivity contribution < 1.29 is 4.79 Å². The van der Waals surface area contributed by atoms with Gasteiger partial charge in [0.05, 0.1) is 0 Å². The number of rotatable bonds is 5. The molecule has 0 fully saturated rings. The second-order valence-corrected chi connectivity index (χ2v) is 3.26. The van der Waals surface area contributed by atoms with Gasteiger partial charge in [0.15, 0.2) is 5.78 Å². The van der Waals surface area contributed by atoms with Crippen LogP contribution in [-0.2, 0) is 0 Å². The molecule has 0 aliphatic carbocycles. The highest BCUT2D eigenvalue weighted by molar-refractivity contribution is 5.96. The molecule has 0 bridgehead atoms. The molecule has 0 spiro atoms. The van der Waals surface area contributed by atoms with Gasteiger partial charge in [-0.2, -0.15) is 0 Å². The summed E-state index contributed by atoms with van der Waals surface area (Å²) >= 11 is 0. The van der Waals surface area contributed by atoms with Crippen LogP contribution >= 0.6 is 0 Å². The summed E-state index contributed by atoms with van der Waals surface area (Å²) in [5.74, 6) is 0.0230. The van der Waals surface area contributed by atoms with E-state index in [1.807, 2.05) is 25.1 Å². The van der Waals surface area contributed by atoms with Gasteiger partial charge in [-0.25, -0.2) is 0 Å². The maximum atomic E-state index is 11.7. The molecule has 4 nitrogen and oxygen atoms in total. The highest BCUT2D eigenvalue weighted by Gasteiger charge is 2.11. The van der Waals surface area contributed by atoms with Crippen LogP contribution in [0.1, 0.15) is 30.1 Å². The number of carbonyl (C=O) groups excluding carboxylic acids is 1. The van der Waals surface area contributed by atoms with Crippen molar-refractivity contribution in [1.29, 1.82) is 0 Å². The second kappa shape index (κ2) is 5.83. The number of carbonyl (C=O) groups is 1. The molecule has 1 unspecified atom stereocenters. The number of Topliss-reactive ketones (excluding diaryl/α,β-unsaturated/α-hetero) is 1. The van der Waals surface area contributed by atoms with E-state index in [1.54, 1.807) is 12.1 Å². The van der Waals surface area contributed by atoms with Crippen molar-refractivity contribution in [2.24, 2.45) is 5.11 Å². The van der Waals surface area contributed by atoms with Gasteiger partial charge in [-0.15, -0.1) is 0 Å². The summed E-state index contributed by atoms with van der Waals surface area (Å²) in [4.78, 5) is 14.4. The zero-order valence-corrected chi connectivity index (χ0v) is 8.63. The number of hydrogen-bond donors (Lipinski definition) is 0. The lowest BCUT2D eigenvalue weighted by Crippen LogP contribution is -2.10. The summed E-state index contributed by atoms with van der Waals surface area (Å²) in [6.07, 6.45) is 0.965. The lowest BCUT2D eigenvalue weighted by Gasteiger charge is -2.06. The molecule has 1 aromatic rings. The fourth-order valence-electron chi connectivity index (χ4n) is 1.30. The van der Waals surface area contributed by atoms with Gasteiger partial charge in [0, 0.05) is 22.9 Å². The Kier molecular flexibility index (Phi) is 4.38. The lowest BCUT2D eigenvalue weighted by molar-refractivity contribution is 0.0974. The molecule has 0 saturated carbocycles. The molecule has 0 amide bonds. The Balaban J connectivity index is 2.66. The Labute approximate surface area is 88.6 Å². The third kappa shape index (κ3) is 3.44. The average molecular weight is 203 g/mol. The molecular formula is C11H13N3O. The van der Waals surface area contributed by atoms with Gasteiger partial charge >= 0.3 is 0 Å². The van der Waals surface area contributed by atoms with Gasteiger partial charge in [0.1, 0.15) is 0 Å². The summed E-state index contributed by atoms with van der Waals surface area (Å²) < 4.78 is 0. The van der Waals surface area contributed by atoms with Crippen LogP contribution in [0.15, 0.2) is 35.4 Å². The molecule has 0 aromatic heterocycles. The first-order valence-electron chi connectivity index (χ1n) is 4.90. The minimum atomic E-state index is -0.234. The highest BCUT2D eigenvalue weighted by atomic mass is 16.1. The van der Waals surface area contributed by atoms with Crippen molar-refractivity contribution in [2.45, 2.75) is 25.8 Å². The van der Waals surface area contributed by atoms with Gasteiger partial charge < -0.3 is 0 Å². The van der Waals surface area contributed by atoms with Crippen LogP contribution < -0.4 is 0 Å². The molecule has 0 N–H and O–H groups in total. The summed E-state index contributed by atoms with van der Waals surface area (Å²) in [5, 5.41) is 3.57. The van der Waals surface area contributed by atoms with E-state index in [0.29, 0.717) is 12.0 Å². The Morgan fingerprint density at radius 3 is 2.67 bits per heavy atom. The zero-order valence-electron chi connectivity index (χ0n) is 8.63. The molecule has 4 heteroatoms. The third-order valence-corrected chi connectivity index (χ3v) is 2.20. The van der Waals surface area contributed by atoms with E-state index in [0.717, 1.165) is 0 Å². The minimum Gasteiger partial charge on any atom is -0.294 e. The number of hydrogen-bond acceptors (Lipinski definition) is 2. The van der Waals surface area contributed by atoms with E-state index in [9.17, 15) is 4.79 Å². The number of nitrogens with zero attached hydrogens (tertiary/aromatic N) is 3. The first kappa shape index (κ1) is 11.3. The first-order valence-corrected chi connectivity index (χ1v) is 4.90. The van der Waals surface area contributed by atoms with Crippen LogP contribution in [0.25, 0.3) is 10.4 Å². The number of benzene rings is 1. The van der Waals surface area contributed by atoms with Crippen LogP contribution in [-0.4, -0.2) is 11.8 Å². The van der Waals surface area contributed by atoms with Crippen molar-refractivity contribution >= 4 is 5.78 Å². The smallest absolute Gasteiger partial charge is 0.163 e. The van der Waals surface area contributed by atoms with Crippen molar-refractivity contribution in [3.05, 3.63) is 46.3 Å². The fourth-order valence-corrected chi connectivity index (χ4v) is 1.30. The zero-order chi connectivity index (χ0) is 11.1. The Morgan fingerprint density at radius 1 is 1.47 bits per heavy atom. The van der Waals surface area contributed by atoms with Gasteiger partial charge in [-0.05, 0) is 12.0 Å². The molecule has 15 heavy (non-hydrogen) atoms. The summed E-state index contributed by atoms with van der Waals surface area (Å²) in [5.41, 5.74) is 8.97. The van der Waals surface area contributed by atoms with Crippen LogP contribution in [0.2, 0.25) is 0 Å². The van der Waals surface area contributed by atoms with Crippen molar-refractivity contribution in [2.75, 3.05) is 0 Å². The molecule has 0 radical (unpaired) electrons. The van der Waals surface area contributed by atoms with Crippen LogP contribution in [0.4, 0.5) is 0 Å². The molecule has 0 aliphatic rings. The van der Waals surface area contributed by atoms with E-state index in [4.69, 9.17) is 5.53 Å². The maximum Gasteiger partial charge on any atom is 0.163 e. The molecule has 78 valence electrons. The first-order chi connectivity index (χ1) is 7.27. The minimum absolute atomic E-state index is 0.0230. The Bertz CT molecular complexity index is 369. The molecule has 1 rings (SSSR count). The predicted octanol–water partition coefficient (Wildman–Crippen LogP) is 3.35. The third-order valence-electron chi connectivity index (χ3n) is 2.20. The standard InChI is InChI=1S/C11H13N3O/c1-2-10(13-14-12)8-11(15)9-6-4-3-5-7-9/h3-7,10H,2,8H2,1H3. The van der Waals surface area contributed by atoms with E-state index in [1.165, 1.54) is 0 Å². The summed E-state index contributed by atoms with van der Waals surface area (Å²) in [6.45, 7) is 1.90. The second-order valence-electron chi connectivity index (χ2n) is 3.26. The summed E-state index contributed by atoms with van der Waals surface area (Å²) in [7, 11) is 0. The molecule has 1 aromatic carbocycles. The van der Waals surface area contributed by atoms with Crippen molar-refractivity contribution in [1.82, 2.24) is 0 Å². The van der Waals surface area contributed by atoms with Gasteiger partial charge in [-0.1, -0.05) is 42.4 Å². The topological polar surface area (TPSA) is 65.8 Å². The van der Waals surface area contributed by atoms with E-state index in [2.05, 4.69) is 10.0 Å². The highest BCUT2D eigenvalue weighted by Crippen LogP contribution is 2.10. The molecule has 0 aliphatic heterocycles. The molecule has 0 heterocycles. The van der Waals surface area contributed by atoms with E-state index < -0.39 is 0 Å². The largest absolute Gasteiger partial charge is 0.294 e. The average Bonchev–Trinajstić information content (AvgIpc) is 2.29. The molecular weight excluding hydrogens is 190 g/mol. The SMILES string of the molecule is CCC(CC(=O)c1ccccc1)N=[N+]=[N-]. The quantitative estimate of drug-likeness (QED) is 0.313. The van der Waals surface area contributed by atoms with Crippen LogP contribution in [0.5, 0.6) is 0 Å². The predicted molar refractivity (Wildman–Crippen MR) is 58.6 cm³/mol. The number of ketones is 1. The summed E-state index contributed by atoms with van der Waals surface area (Å²) in [6, 6.07) is 8.81. The Hall–Kier alpha value is -1.80. The fraction of sp³-hybridized carbons (Fsp3) is 0.364. The molecule has 1 atom stereocenters. The maximum absolute atomic E-state index is 11.7. The van der Waals surface area contributed by atoms with Crippen molar-refractivity contribution in [3.63, 3.8) is 0 Å². The monoisotopic (exact) mass is 203 g/mol. The number of azide groups is 1. The van der Waals surface area contributed by atoms with Gasteiger partial charge in [0.2, 0.25) is 0 Å². The Morgan fingerprint density at radius 2 is 2.13 bits per heavy atom. The van der Waals surface area contributed by atoms with Crippen LogP contribution in [0.3, 0.4) is 0 Å². The molecule has 0 saturated heterocycles. The van der Waals surface area contributed by atoms with E-state index >= 15 is 0 Å². The van der Waals surface area contributed by atoms with E-state index in [-0.39, 0.29) is 18.2 Å².